The van der Waals surface area contributed by atoms with Crippen LogP contribution < -0.4 is 4.74 Å². The zero-order chi connectivity index (χ0) is 15.7. The maximum absolute atomic E-state index is 10.1. The van der Waals surface area contributed by atoms with Gasteiger partial charge in [-0.1, -0.05) is 18.2 Å². The SMILES string of the molecule is COc1ccccc1-c1c(-c2ccc(O)cc2O)n[nH]c1C. The first-order valence-corrected chi connectivity index (χ1v) is 6.82. The fourth-order valence-electron chi connectivity index (χ4n) is 2.53. The van der Waals surface area contributed by atoms with Crippen molar-refractivity contribution in [3.63, 3.8) is 0 Å². The third-order valence-corrected chi connectivity index (χ3v) is 3.56. The Kier molecular flexibility index (Phi) is 3.47. The normalized spacial score (nSPS) is 10.6. The minimum absolute atomic E-state index is 0.00680. The van der Waals surface area contributed by atoms with Crippen LogP contribution in [0.5, 0.6) is 17.2 Å². The number of phenolic OH excluding ortho intramolecular Hbond substituents is 2. The largest absolute Gasteiger partial charge is 0.508 e. The first-order chi connectivity index (χ1) is 10.6. The highest BCUT2D eigenvalue weighted by Crippen LogP contribution is 2.41. The van der Waals surface area contributed by atoms with Crippen molar-refractivity contribution in [2.45, 2.75) is 6.92 Å². The number of nitrogens with zero attached hydrogens (tertiary/aromatic N) is 1. The Balaban J connectivity index is 2.24. The van der Waals surface area contributed by atoms with E-state index in [9.17, 15) is 10.2 Å². The van der Waals surface area contributed by atoms with Crippen molar-refractivity contribution in [3.05, 3.63) is 48.2 Å². The number of H-pyrrole nitrogens is 1. The lowest BCUT2D eigenvalue weighted by Gasteiger charge is -2.10. The van der Waals surface area contributed by atoms with Gasteiger partial charge in [0.15, 0.2) is 0 Å². The van der Waals surface area contributed by atoms with E-state index in [0.717, 1.165) is 22.6 Å². The molecule has 2 aromatic carbocycles. The molecule has 0 bridgehead atoms. The highest BCUT2D eigenvalue weighted by molar-refractivity contribution is 5.87. The number of hydrogen-bond donors (Lipinski definition) is 3. The van der Waals surface area contributed by atoms with E-state index in [2.05, 4.69) is 10.2 Å². The van der Waals surface area contributed by atoms with E-state index in [0.29, 0.717) is 11.3 Å². The van der Waals surface area contributed by atoms with E-state index in [4.69, 9.17) is 4.74 Å². The molecule has 22 heavy (non-hydrogen) atoms. The van der Waals surface area contributed by atoms with Crippen molar-refractivity contribution in [3.8, 4) is 39.6 Å². The van der Waals surface area contributed by atoms with Crippen molar-refractivity contribution in [1.82, 2.24) is 10.2 Å². The Morgan fingerprint density at radius 2 is 1.82 bits per heavy atom. The number of methoxy groups -OCH3 is 1. The summed E-state index contributed by atoms with van der Waals surface area (Å²) in [5, 5.41) is 26.8. The highest BCUT2D eigenvalue weighted by Gasteiger charge is 2.19. The molecule has 0 aliphatic heterocycles. The van der Waals surface area contributed by atoms with Crippen LogP contribution in [-0.2, 0) is 0 Å². The number of aromatic hydroxyl groups is 2. The molecule has 3 rings (SSSR count). The van der Waals surface area contributed by atoms with Crippen LogP contribution in [0.3, 0.4) is 0 Å². The van der Waals surface area contributed by atoms with Gasteiger partial charge >= 0.3 is 0 Å². The molecule has 0 amide bonds. The number of aromatic amines is 1. The molecule has 3 N–H and O–H groups in total. The average Bonchev–Trinajstić information content (AvgIpc) is 2.88. The minimum Gasteiger partial charge on any atom is -0.508 e. The van der Waals surface area contributed by atoms with Gasteiger partial charge in [0.2, 0.25) is 0 Å². The molecule has 0 spiro atoms. The van der Waals surface area contributed by atoms with E-state index in [-0.39, 0.29) is 11.5 Å². The molecule has 5 heteroatoms. The Hall–Kier alpha value is -2.95. The lowest BCUT2D eigenvalue weighted by atomic mass is 9.98. The summed E-state index contributed by atoms with van der Waals surface area (Å²) >= 11 is 0. The van der Waals surface area contributed by atoms with E-state index >= 15 is 0 Å². The number of rotatable bonds is 3. The van der Waals surface area contributed by atoms with Gasteiger partial charge in [0, 0.05) is 28.5 Å². The van der Waals surface area contributed by atoms with E-state index < -0.39 is 0 Å². The molecule has 0 fully saturated rings. The smallest absolute Gasteiger partial charge is 0.128 e. The van der Waals surface area contributed by atoms with Gasteiger partial charge in [-0.2, -0.15) is 5.10 Å². The quantitative estimate of drug-likeness (QED) is 0.691. The number of ether oxygens (including phenoxy) is 1. The van der Waals surface area contributed by atoms with Gasteiger partial charge in [0.05, 0.1) is 7.11 Å². The maximum Gasteiger partial charge on any atom is 0.128 e. The van der Waals surface area contributed by atoms with E-state index in [1.165, 1.54) is 12.1 Å². The third kappa shape index (κ3) is 2.26. The average molecular weight is 296 g/mol. The summed E-state index contributed by atoms with van der Waals surface area (Å²) in [6, 6.07) is 12.1. The first kappa shape index (κ1) is 14.0. The van der Waals surface area contributed by atoms with Gasteiger partial charge in [-0.3, -0.25) is 5.10 Å². The second kappa shape index (κ2) is 5.44. The summed E-state index contributed by atoms with van der Waals surface area (Å²) < 4.78 is 5.42. The Bertz CT molecular complexity index is 825. The van der Waals surface area contributed by atoms with Crippen LogP contribution in [0.4, 0.5) is 0 Å². The molecule has 0 saturated carbocycles. The van der Waals surface area contributed by atoms with Crippen molar-refractivity contribution in [2.24, 2.45) is 0 Å². The number of phenols is 2. The monoisotopic (exact) mass is 296 g/mol. The summed E-state index contributed by atoms with van der Waals surface area (Å²) in [6.07, 6.45) is 0. The predicted molar refractivity (Wildman–Crippen MR) is 84.1 cm³/mol. The van der Waals surface area contributed by atoms with Crippen LogP contribution in [0, 0.1) is 6.92 Å². The van der Waals surface area contributed by atoms with Gasteiger partial charge in [-0.05, 0) is 25.1 Å². The predicted octanol–water partition coefficient (Wildman–Crippen LogP) is 3.47. The van der Waals surface area contributed by atoms with Crippen LogP contribution in [0.15, 0.2) is 42.5 Å². The van der Waals surface area contributed by atoms with Crippen molar-refractivity contribution in [2.75, 3.05) is 7.11 Å². The van der Waals surface area contributed by atoms with Crippen molar-refractivity contribution in [1.29, 1.82) is 0 Å². The maximum atomic E-state index is 10.1. The second-order valence-electron chi connectivity index (χ2n) is 4.97. The van der Waals surface area contributed by atoms with Crippen LogP contribution in [0.1, 0.15) is 5.69 Å². The summed E-state index contributed by atoms with van der Waals surface area (Å²) in [6.45, 7) is 1.91. The number of benzene rings is 2. The zero-order valence-corrected chi connectivity index (χ0v) is 12.3. The van der Waals surface area contributed by atoms with Gasteiger partial charge in [0.25, 0.3) is 0 Å². The Labute approximate surface area is 127 Å². The molecule has 112 valence electrons. The van der Waals surface area contributed by atoms with Crippen LogP contribution in [-0.4, -0.2) is 27.5 Å². The summed E-state index contributed by atoms with van der Waals surface area (Å²) in [7, 11) is 1.62. The second-order valence-corrected chi connectivity index (χ2v) is 4.97. The molecular weight excluding hydrogens is 280 g/mol. The zero-order valence-electron chi connectivity index (χ0n) is 12.3. The number of aromatic nitrogens is 2. The first-order valence-electron chi connectivity index (χ1n) is 6.82. The number of aryl methyl sites for hydroxylation is 1. The molecule has 1 aromatic heterocycles. The van der Waals surface area contributed by atoms with Gasteiger partial charge < -0.3 is 14.9 Å². The third-order valence-electron chi connectivity index (χ3n) is 3.56. The molecule has 0 aliphatic carbocycles. The molecule has 0 aliphatic rings. The summed E-state index contributed by atoms with van der Waals surface area (Å²) in [4.78, 5) is 0. The number of nitrogens with one attached hydrogen (secondary N) is 1. The number of para-hydroxylation sites is 1. The minimum atomic E-state index is -0.0253. The molecule has 0 radical (unpaired) electrons. The van der Waals surface area contributed by atoms with E-state index in [1.54, 1.807) is 13.2 Å². The summed E-state index contributed by atoms with van der Waals surface area (Å²) in [5.74, 6) is 0.710. The fourth-order valence-corrected chi connectivity index (χ4v) is 2.53. The molecular formula is C17H16N2O3. The van der Waals surface area contributed by atoms with Gasteiger partial charge in [0.1, 0.15) is 22.9 Å². The summed E-state index contributed by atoms with van der Waals surface area (Å²) in [5.41, 5.74) is 3.77. The topological polar surface area (TPSA) is 78.4 Å². The molecule has 0 atom stereocenters. The lowest BCUT2D eigenvalue weighted by molar-refractivity contribution is 0.416. The van der Waals surface area contributed by atoms with Crippen LogP contribution >= 0.6 is 0 Å². The molecule has 3 aromatic rings. The Morgan fingerprint density at radius 3 is 2.55 bits per heavy atom. The van der Waals surface area contributed by atoms with Crippen LogP contribution in [0.2, 0.25) is 0 Å². The van der Waals surface area contributed by atoms with Crippen LogP contribution in [0.25, 0.3) is 22.4 Å². The van der Waals surface area contributed by atoms with Crippen molar-refractivity contribution < 1.29 is 14.9 Å². The standard InChI is InChI=1S/C17H16N2O3/c1-10-16(13-5-3-4-6-15(13)22-2)17(19-18-10)12-8-7-11(20)9-14(12)21/h3-9,20-21H,1-2H3,(H,18,19). The molecule has 1 heterocycles. The molecule has 0 unspecified atom stereocenters. The van der Waals surface area contributed by atoms with E-state index in [1.807, 2.05) is 31.2 Å². The van der Waals surface area contributed by atoms with Gasteiger partial charge in [-0.15, -0.1) is 0 Å². The highest BCUT2D eigenvalue weighted by atomic mass is 16.5. The molecule has 0 saturated heterocycles. The fraction of sp³-hybridized carbons (Fsp3) is 0.118. The number of hydrogen-bond acceptors (Lipinski definition) is 4. The van der Waals surface area contributed by atoms with Gasteiger partial charge in [-0.25, -0.2) is 0 Å². The van der Waals surface area contributed by atoms with Crippen molar-refractivity contribution >= 4 is 0 Å². The molecule has 5 nitrogen and oxygen atoms in total. The lowest BCUT2D eigenvalue weighted by Crippen LogP contribution is -1.90. The Morgan fingerprint density at radius 1 is 1.05 bits per heavy atom.